The van der Waals surface area contributed by atoms with Gasteiger partial charge in [-0.05, 0) is 32.3 Å². The monoisotopic (exact) mass is 372 g/mol. The van der Waals surface area contributed by atoms with Crippen molar-refractivity contribution < 1.29 is 9.53 Å². The van der Waals surface area contributed by atoms with Crippen molar-refractivity contribution in [3.05, 3.63) is 23.1 Å². The van der Waals surface area contributed by atoms with E-state index in [1.165, 1.54) is 0 Å². The van der Waals surface area contributed by atoms with Gasteiger partial charge in [0, 0.05) is 57.6 Å². The number of hydrogen-bond donors (Lipinski definition) is 1. The Hall–Kier alpha value is -2.19. The minimum absolute atomic E-state index is 0.0248. The molecular formula is C19H28N6O2. The second-order valence-corrected chi connectivity index (χ2v) is 7.66. The number of aryl methyl sites for hydroxylation is 2. The first kappa shape index (κ1) is 18.2. The zero-order valence-electron chi connectivity index (χ0n) is 16.4. The molecule has 0 bridgehead atoms. The fourth-order valence-corrected chi connectivity index (χ4v) is 4.10. The van der Waals surface area contributed by atoms with Crippen molar-refractivity contribution in [2.24, 2.45) is 13.0 Å². The molecule has 0 aliphatic carbocycles. The van der Waals surface area contributed by atoms with Gasteiger partial charge in [0.25, 0.3) is 5.91 Å². The van der Waals surface area contributed by atoms with E-state index >= 15 is 0 Å². The molecular weight excluding hydrogens is 344 g/mol. The molecule has 1 amide bonds. The molecule has 2 aliphatic heterocycles. The van der Waals surface area contributed by atoms with Crippen LogP contribution < -0.4 is 0 Å². The lowest BCUT2D eigenvalue weighted by molar-refractivity contribution is 0.0605. The molecule has 1 atom stereocenters. The van der Waals surface area contributed by atoms with E-state index in [9.17, 15) is 4.79 Å². The summed E-state index contributed by atoms with van der Waals surface area (Å²) in [5.74, 6) is 0.671. The molecule has 0 saturated carbocycles. The van der Waals surface area contributed by atoms with E-state index in [1.54, 1.807) is 0 Å². The second-order valence-electron chi connectivity index (χ2n) is 7.66. The average Bonchev–Trinajstić information content (AvgIpc) is 3.38. The number of carbonyl (C=O) groups is 1. The van der Waals surface area contributed by atoms with Crippen LogP contribution in [-0.2, 0) is 11.8 Å². The summed E-state index contributed by atoms with van der Waals surface area (Å²) in [6.07, 6.45) is 1.16. The number of nitrogens with one attached hydrogen (secondary N) is 1. The molecule has 4 heterocycles. The summed E-state index contributed by atoms with van der Waals surface area (Å²) >= 11 is 0. The van der Waals surface area contributed by atoms with Crippen LogP contribution in [-0.4, -0.2) is 81.6 Å². The van der Waals surface area contributed by atoms with Crippen LogP contribution in [0, 0.1) is 19.8 Å². The molecule has 8 heteroatoms. The highest BCUT2D eigenvalue weighted by molar-refractivity contribution is 5.93. The molecule has 2 saturated heterocycles. The van der Waals surface area contributed by atoms with E-state index in [0.717, 1.165) is 75.0 Å². The summed E-state index contributed by atoms with van der Waals surface area (Å²) < 4.78 is 7.31. The minimum atomic E-state index is 0.0248. The van der Waals surface area contributed by atoms with Gasteiger partial charge in [0.05, 0.1) is 18.0 Å². The number of aromatic amines is 1. The zero-order valence-corrected chi connectivity index (χ0v) is 16.4. The number of carbonyl (C=O) groups excluding carboxylic acids is 1. The maximum absolute atomic E-state index is 12.9. The SMILES string of the molecule is Cc1nn(C)c(C)c1-c1cc(C(=O)N2CCN(CC3CCOC3)CC2)[nH]n1. The molecule has 146 valence electrons. The number of hydrogen-bond acceptors (Lipinski definition) is 5. The number of H-pyrrole nitrogens is 1. The molecule has 0 aromatic carbocycles. The van der Waals surface area contributed by atoms with E-state index in [-0.39, 0.29) is 5.91 Å². The molecule has 2 aromatic rings. The van der Waals surface area contributed by atoms with E-state index < -0.39 is 0 Å². The molecule has 2 aromatic heterocycles. The van der Waals surface area contributed by atoms with Crippen molar-refractivity contribution in [1.82, 2.24) is 29.8 Å². The van der Waals surface area contributed by atoms with Crippen LogP contribution in [0.4, 0.5) is 0 Å². The van der Waals surface area contributed by atoms with E-state index in [2.05, 4.69) is 20.2 Å². The fraction of sp³-hybridized carbons (Fsp3) is 0.632. The molecule has 8 nitrogen and oxygen atoms in total. The molecule has 4 rings (SSSR count). The highest BCUT2D eigenvalue weighted by Crippen LogP contribution is 2.25. The topological polar surface area (TPSA) is 79.3 Å². The van der Waals surface area contributed by atoms with Gasteiger partial charge in [-0.25, -0.2) is 0 Å². The van der Waals surface area contributed by atoms with Crippen molar-refractivity contribution in [3.8, 4) is 11.3 Å². The summed E-state index contributed by atoms with van der Waals surface area (Å²) in [5.41, 5.74) is 4.29. The Morgan fingerprint density at radius 3 is 2.70 bits per heavy atom. The summed E-state index contributed by atoms with van der Waals surface area (Å²) in [4.78, 5) is 17.2. The Labute approximate surface area is 159 Å². The standard InChI is InChI=1S/C19H28N6O2/c1-13-18(14(2)23(3)22-13)16-10-17(21-20-16)19(26)25-7-5-24(6-8-25)11-15-4-9-27-12-15/h10,15H,4-9,11-12H2,1-3H3,(H,20,21). The van der Waals surface area contributed by atoms with Crippen LogP contribution in [0.5, 0.6) is 0 Å². The largest absolute Gasteiger partial charge is 0.381 e. The number of nitrogens with zero attached hydrogens (tertiary/aromatic N) is 5. The average molecular weight is 372 g/mol. The summed E-state index contributed by atoms with van der Waals surface area (Å²) in [6, 6.07) is 1.85. The highest BCUT2D eigenvalue weighted by Gasteiger charge is 2.26. The van der Waals surface area contributed by atoms with Gasteiger partial charge in [-0.1, -0.05) is 0 Å². The lowest BCUT2D eigenvalue weighted by Gasteiger charge is -2.35. The van der Waals surface area contributed by atoms with Gasteiger partial charge in [0.1, 0.15) is 5.69 Å². The minimum Gasteiger partial charge on any atom is -0.381 e. The maximum Gasteiger partial charge on any atom is 0.271 e. The molecule has 1 unspecified atom stereocenters. The summed E-state index contributed by atoms with van der Waals surface area (Å²) in [7, 11) is 1.92. The number of ether oxygens (including phenoxy) is 1. The normalized spacial score (nSPS) is 21.1. The van der Waals surface area contributed by atoms with Crippen LogP contribution in [0.1, 0.15) is 28.3 Å². The van der Waals surface area contributed by atoms with Gasteiger partial charge in [-0.3, -0.25) is 19.5 Å². The van der Waals surface area contributed by atoms with E-state index in [4.69, 9.17) is 4.74 Å². The maximum atomic E-state index is 12.9. The van der Waals surface area contributed by atoms with Crippen LogP contribution in [0.2, 0.25) is 0 Å². The van der Waals surface area contributed by atoms with E-state index in [1.807, 2.05) is 36.5 Å². The van der Waals surface area contributed by atoms with Crippen LogP contribution >= 0.6 is 0 Å². The smallest absolute Gasteiger partial charge is 0.271 e. The molecule has 2 fully saturated rings. The van der Waals surface area contributed by atoms with Crippen LogP contribution in [0.15, 0.2) is 6.07 Å². The highest BCUT2D eigenvalue weighted by atomic mass is 16.5. The van der Waals surface area contributed by atoms with Crippen molar-refractivity contribution in [2.45, 2.75) is 20.3 Å². The Kier molecular flexibility index (Phi) is 5.01. The van der Waals surface area contributed by atoms with Gasteiger partial charge in [0.2, 0.25) is 0 Å². The first-order valence-corrected chi connectivity index (χ1v) is 9.68. The number of rotatable bonds is 4. The first-order valence-electron chi connectivity index (χ1n) is 9.68. The van der Waals surface area contributed by atoms with Crippen LogP contribution in [0.25, 0.3) is 11.3 Å². The van der Waals surface area contributed by atoms with Gasteiger partial charge >= 0.3 is 0 Å². The lowest BCUT2D eigenvalue weighted by Crippen LogP contribution is -2.49. The molecule has 1 N–H and O–H groups in total. The number of piperazine rings is 1. The molecule has 0 radical (unpaired) electrons. The third-order valence-electron chi connectivity index (χ3n) is 5.77. The Morgan fingerprint density at radius 2 is 2.07 bits per heavy atom. The molecule has 0 spiro atoms. The van der Waals surface area contributed by atoms with Gasteiger partial charge in [-0.15, -0.1) is 0 Å². The van der Waals surface area contributed by atoms with Gasteiger partial charge < -0.3 is 9.64 Å². The van der Waals surface area contributed by atoms with Crippen molar-refractivity contribution in [2.75, 3.05) is 45.9 Å². The zero-order chi connectivity index (χ0) is 19.0. The molecule has 2 aliphatic rings. The second kappa shape index (κ2) is 7.44. The number of aromatic nitrogens is 4. The first-order chi connectivity index (χ1) is 13.0. The predicted octanol–water partition coefficient (Wildman–Crippen LogP) is 1.22. The van der Waals surface area contributed by atoms with Gasteiger partial charge in [-0.2, -0.15) is 10.2 Å². The Morgan fingerprint density at radius 1 is 1.30 bits per heavy atom. The predicted molar refractivity (Wildman–Crippen MR) is 102 cm³/mol. The van der Waals surface area contributed by atoms with E-state index in [0.29, 0.717) is 11.6 Å². The quantitative estimate of drug-likeness (QED) is 0.873. The Bertz CT molecular complexity index is 812. The fourth-order valence-electron chi connectivity index (χ4n) is 4.10. The van der Waals surface area contributed by atoms with Crippen LogP contribution in [0.3, 0.4) is 0 Å². The summed E-state index contributed by atoms with van der Waals surface area (Å²) in [6.45, 7) is 10.2. The van der Waals surface area contributed by atoms with Gasteiger partial charge in [0.15, 0.2) is 0 Å². The number of amides is 1. The van der Waals surface area contributed by atoms with Crippen molar-refractivity contribution in [1.29, 1.82) is 0 Å². The van der Waals surface area contributed by atoms with Crippen molar-refractivity contribution in [3.63, 3.8) is 0 Å². The third-order valence-corrected chi connectivity index (χ3v) is 5.77. The molecule has 27 heavy (non-hydrogen) atoms. The van der Waals surface area contributed by atoms with Crippen molar-refractivity contribution >= 4 is 5.91 Å². The lowest BCUT2D eigenvalue weighted by atomic mass is 10.1. The summed E-state index contributed by atoms with van der Waals surface area (Å²) in [5, 5.41) is 11.7. The Balaban J connectivity index is 1.38. The third kappa shape index (κ3) is 3.64.